The van der Waals surface area contributed by atoms with Crippen molar-refractivity contribution in [2.24, 2.45) is 0 Å². The van der Waals surface area contributed by atoms with Crippen LogP contribution in [-0.2, 0) is 4.74 Å². The summed E-state index contributed by atoms with van der Waals surface area (Å²) >= 11 is 1.95. The Bertz CT molecular complexity index is 503. The van der Waals surface area contributed by atoms with Crippen LogP contribution in [0.4, 0.5) is 4.79 Å². The van der Waals surface area contributed by atoms with E-state index in [0.717, 1.165) is 37.2 Å². The lowest BCUT2D eigenvalue weighted by atomic mass is 9.90. The lowest BCUT2D eigenvalue weighted by molar-refractivity contribution is -0.0684. The van der Waals surface area contributed by atoms with Crippen LogP contribution < -0.4 is 10.6 Å². The first-order valence-corrected chi connectivity index (χ1v) is 9.16. The average Bonchev–Trinajstić information content (AvgIpc) is 2.95. The average molecular weight is 320 g/mol. The molecule has 2 aliphatic heterocycles. The summed E-state index contributed by atoms with van der Waals surface area (Å²) in [5.41, 5.74) is 1.12. The number of benzene rings is 1. The lowest BCUT2D eigenvalue weighted by Crippen LogP contribution is -2.51. The zero-order chi connectivity index (χ0) is 15.4. The highest BCUT2D eigenvalue weighted by Crippen LogP contribution is 2.38. The number of carbonyl (C=O) groups excluding carboxylic acids is 1. The van der Waals surface area contributed by atoms with Gasteiger partial charge in [0.25, 0.3) is 0 Å². The molecule has 2 amide bonds. The van der Waals surface area contributed by atoms with Gasteiger partial charge >= 0.3 is 6.03 Å². The molecule has 3 rings (SSSR count). The second-order valence-electron chi connectivity index (χ2n) is 6.27. The van der Waals surface area contributed by atoms with Crippen LogP contribution in [-0.4, -0.2) is 35.8 Å². The van der Waals surface area contributed by atoms with E-state index in [4.69, 9.17) is 4.74 Å². The molecule has 1 aromatic carbocycles. The third kappa shape index (κ3) is 3.76. The molecule has 0 aliphatic carbocycles. The van der Waals surface area contributed by atoms with Gasteiger partial charge in [-0.2, -0.15) is 11.8 Å². The summed E-state index contributed by atoms with van der Waals surface area (Å²) in [6, 6.07) is 10.2. The molecule has 4 nitrogen and oxygen atoms in total. The van der Waals surface area contributed by atoms with Crippen LogP contribution in [0.25, 0.3) is 0 Å². The minimum atomic E-state index is -0.0796. The first-order valence-electron chi connectivity index (χ1n) is 8.01. The summed E-state index contributed by atoms with van der Waals surface area (Å²) in [4.78, 5) is 12.2. The number of hydrogen-bond donors (Lipinski definition) is 2. The molecule has 1 spiro atoms. The van der Waals surface area contributed by atoms with E-state index in [1.807, 2.05) is 49.0 Å². The van der Waals surface area contributed by atoms with Crippen molar-refractivity contribution in [3.8, 4) is 0 Å². The number of rotatable bonds is 3. The highest BCUT2D eigenvalue weighted by molar-refractivity contribution is 7.99. The molecule has 120 valence electrons. The topological polar surface area (TPSA) is 50.4 Å². The Morgan fingerprint density at radius 2 is 2.23 bits per heavy atom. The summed E-state index contributed by atoms with van der Waals surface area (Å²) in [5.74, 6) is 2.23. The predicted molar refractivity (Wildman–Crippen MR) is 90.2 cm³/mol. The van der Waals surface area contributed by atoms with Crippen molar-refractivity contribution >= 4 is 17.8 Å². The molecule has 2 saturated heterocycles. The van der Waals surface area contributed by atoms with Crippen LogP contribution in [0.2, 0.25) is 0 Å². The molecule has 2 fully saturated rings. The van der Waals surface area contributed by atoms with Gasteiger partial charge in [0, 0.05) is 18.4 Å². The van der Waals surface area contributed by atoms with E-state index in [2.05, 4.69) is 10.6 Å². The SMILES string of the molecule is C[C@H](NC(=O)N[C@H]1CCO[C@@]2(CCSC2)C1)c1ccccc1. The van der Waals surface area contributed by atoms with Crippen LogP contribution in [0.15, 0.2) is 30.3 Å². The van der Waals surface area contributed by atoms with Gasteiger partial charge in [0.2, 0.25) is 0 Å². The van der Waals surface area contributed by atoms with Crippen LogP contribution in [0.1, 0.15) is 37.8 Å². The van der Waals surface area contributed by atoms with Crippen molar-refractivity contribution < 1.29 is 9.53 Å². The van der Waals surface area contributed by atoms with Gasteiger partial charge in [0.15, 0.2) is 0 Å². The third-order valence-corrected chi connectivity index (χ3v) is 5.77. The van der Waals surface area contributed by atoms with E-state index in [-0.39, 0.29) is 23.7 Å². The molecule has 0 radical (unpaired) electrons. The number of ether oxygens (including phenoxy) is 1. The van der Waals surface area contributed by atoms with E-state index in [1.54, 1.807) is 0 Å². The highest BCUT2D eigenvalue weighted by atomic mass is 32.2. The Morgan fingerprint density at radius 1 is 1.41 bits per heavy atom. The number of thioether (sulfide) groups is 1. The molecule has 2 aliphatic rings. The van der Waals surface area contributed by atoms with Gasteiger partial charge in [-0.3, -0.25) is 0 Å². The van der Waals surface area contributed by atoms with Crippen LogP contribution in [0, 0.1) is 0 Å². The fourth-order valence-corrected chi connectivity index (χ4v) is 4.64. The summed E-state index contributed by atoms with van der Waals surface area (Å²) in [6.07, 6.45) is 2.95. The zero-order valence-electron chi connectivity index (χ0n) is 13.0. The molecule has 3 atom stereocenters. The van der Waals surface area contributed by atoms with E-state index < -0.39 is 0 Å². The van der Waals surface area contributed by atoms with E-state index >= 15 is 0 Å². The van der Waals surface area contributed by atoms with Crippen molar-refractivity contribution in [2.75, 3.05) is 18.1 Å². The van der Waals surface area contributed by atoms with Crippen LogP contribution in [0.3, 0.4) is 0 Å². The molecular formula is C17H24N2O2S. The Labute approximate surface area is 136 Å². The molecule has 0 unspecified atom stereocenters. The van der Waals surface area contributed by atoms with Gasteiger partial charge in [-0.15, -0.1) is 0 Å². The maximum Gasteiger partial charge on any atom is 0.315 e. The summed E-state index contributed by atoms with van der Waals surface area (Å²) in [7, 11) is 0. The van der Waals surface area contributed by atoms with E-state index in [0.29, 0.717) is 0 Å². The monoisotopic (exact) mass is 320 g/mol. The predicted octanol–water partition coefficient (Wildman–Crippen LogP) is 3.10. The smallest absolute Gasteiger partial charge is 0.315 e. The summed E-state index contributed by atoms with van der Waals surface area (Å²) < 4.78 is 6.00. The second kappa shape index (κ2) is 6.92. The Morgan fingerprint density at radius 3 is 2.95 bits per heavy atom. The van der Waals surface area contributed by atoms with E-state index in [9.17, 15) is 4.79 Å². The molecule has 0 saturated carbocycles. The first-order chi connectivity index (χ1) is 10.7. The number of amides is 2. The zero-order valence-corrected chi connectivity index (χ0v) is 13.8. The van der Waals surface area contributed by atoms with Crippen molar-refractivity contribution in [3.63, 3.8) is 0 Å². The molecule has 2 heterocycles. The second-order valence-corrected chi connectivity index (χ2v) is 7.38. The molecule has 22 heavy (non-hydrogen) atoms. The van der Waals surface area contributed by atoms with Crippen LogP contribution in [0.5, 0.6) is 0 Å². The normalized spacial score (nSPS) is 29.2. The molecule has 5 heteroatoms. The van der Waals surface area contributed by atoms with Crippen molar-refractivity contribution in [2.45, 2.75) is 43.9 Å². The fourth-order valence-electron chi connectivity index (χ4n) is 3.26. The maximum atomic E-state index is 12.2. The molecule has 0 bridgehead atoms. The van der Waals surface area contributed by atoms with E-state index in [1.165, 1.54) is 5.75 Å². The standard InChI is InChI=1S/C17H24N2O2S/c1-13(14-5-3-2-4-6-14)18-16(20)19-15-7-9-21-17(11-15)8-10-22-12-17/h2-6,13,15H,7-12H2,1H3,(H2,18,19,20)/t13-,15-,17-/m0/s1. The Balaban J connectivity index is 1.51. The van der Waals surface area contributed by atoms with Gasteiger partial charge in [-0.05, 0) is 37.5 Å². The summed E-state index contributed by atoms with van der Waals surface area (Å²) in [6.45, 7) is 2.76. The molecular weight excluding hydrogens is 296 g/mol. The van der Waals surface area contributed by atoms with Gasteiger partial charge in [-0.1, -0.05) is 30.3 Å². The quantitative estimate of drug-likeness (QED) is 0.900. The summed E-state index contributed by atoms with van der Waals surface area (Å²) in [5, 5.41) is 6.16. The fraction of sp³-hybridized carbons (Fsp3) is 0.588. The first kappa shape index (κ1) is 15.7. The largest absolute Gasteiger partial charge is 0.374 e. The van der Waals surface area contributed by atoms with Gasteiger partial charge in [0.05, 0.1) is 11.6 Å². The Hall–Kier alpha value is -1.20. The number of hydrogen-bond acceptors (Lipinski definition) is 3. The third-order valence-electron chi connectivity index (χ3n) is 4.54. The number of urea groups is 1. The van der Waals surface area contributed by atoms with Crippen molar-refractivity contribution in [3.05, 3.63) is 35.9 Å². The molecule has 1 aromatic rings. The van der Waals surface area contributed by atoms with Gasteiger partial charge in [-0.25, -0.2) is 4.79 Å². The maximum absolute atomic E-state index is 12.2. The molecule has 0 aromatic heterocycles. The van der Waals surface area contributed by atoms with Crippen molar-refractivity contribution in [1.29, 1.82) is 0 Å². The molecule has 2 N–H and O–H groups in total. The highest BCUT2D eigenvalue weighted by Gasteiger charge is 2.40. The lowest BCUT2D eigenvalue weighted by Gasteiger charge is -2.38. The van der Waals surface area contributed by atoms with Gasteiger partial charge in [0.1, 0.15) is 0 Å². The van der Waals surface area contributed by atoms with Crippen LogP contribution >= 0.6 is 11.8 Å². The minimum absolute atomic E-state index is 0.00586. The van der Waals surface area contributed by atoms with Gasteiger partial charge < -0.3 is 15.4 Å². The number of nitrogens with one attached hydrogen (secondary N) is 2. The van der Waals surface area contributed by atoms with Crippen molar-refractivity contribution in [1.82, 2.24) is 10.6 Å². The number of carbonyl (C=O) groups is 1. The minimum Gasteiger partial charge on any atom is -0.374 e. The Kier molecular flexibility index (Phi) is 4.93.